The maximum absolute atomic E-state index is 11.8. The van der Waals surface area contributed by atoms with Gasteiger partial charge in [0.05, 0.1) is 19.1 Å². The smallest absolute Gasteiger partial charge is 0.224 e. The van der Waals surface area contributed by atoms with Gasteiger partial charge in [-0.05, 0) is 30.5 Å². The first-order valence-electron chi connectivity index (χ1n) is 5.81. The lowest BCUT2D eigenvalue weighted by Gasteiger charge is -2.14. The molecule has 1 amide bonds. The fourth-order valence-corrected chi connectivity index (χ4v) is 1.80. The molecule has 1 saturated carbocycles. The van der Waals surface area contributed by atoms with E-state index in [-0.39, 0.29) is 11.4 Å². The molecule has 1 aromatic rings. The Hall–Kier alpha value is -1.55. The van der Waals surface area contributed by atoms with Crippen LogP contribution in [0.4, 0.5) is 0 Å². The van der Waals surface area contributed by atoms with Crippen LogP contribution < -0.4 is 15.8 Å². The predicted molar refractivity (Wildman–Crippen MR) is 65.9 cm³/mol. The van der Waals surface area contributed by atoms with E-state index in [2.05, 4.69) is 5.32 Å². The summed E-state index contributed by atoms with van der Waals surface area (Å²) in [5.74, 6) is 0.841. The Morgan fingerprint density at radius 3 is 2.53 bits per heavy atom. The van der Waals surface area contributed by atoms with Crippen LogP contribution in [0.3, 0.4) is 0 Å². The molecule has 17 heavy (non-hydrogen) atoms. The average Bonchev–Trinajstić information content (AvgIpc) is 3.10. The molecular weight excluding hydrogens is 216 g/mol. The predicted octanol–water partition coefficient (Wildman–Crippen LogP) is 0.845. The molecule has 0 radical (unpaired) electrons. The van der Waals surface area contributed by atoms with Gasteiger partial charge in [-0.25, -0.2) is 0 Å². The van der Waals surface area contributed by atoms with Gasteiger partial charge in [0.25, 0.3) is 0 Å². The molecule has 2 rings (SSSR count). The fraction of sp³-hybridized carbons (Fsp3) is 0.462. The summed E-state index contributed by atoms with van der Waals surface area (Å²) >= 11 is 0. The normalized spacial score (nSPS) is 16.4. The second kappa shape index (κ2) is 4.75. The highest BCUT2D eigenvalue weighted by atomic mass is 16.5. The fourth-order valence-electron chi connectivity index (χ4n) is 1.80. The highest BCUT2D eigenvalue weighted by Gasteiger charge is 2.42. The van der Waals surface area contributed by atoms with Crippen LogP contribution in [0.15, 0.2) is 24.3 Å². The first kappa shape index (κ1) is 11.9. The molecule has 0 aromatic heterocycles. The van der Waals surface area contributed by atoms with Gasteiger partial charge in [-0.15, -0.1) is 0 Å². The van der Waals surface area contributed by atoms with Crippen molar-refractivity contribution < 1.29 is 9.53 Å². The zero-order valence-corrected chi connectivity index (χ0v) is 10.0. The van der Waals surface area contributed by atoms with Crippen LogP contribution in [0.25, 0.3) is 0 Å². The summed E-state index contributed by atoms with van der Waals surface area (Å²) in [5, 5.41) is 3.00. The second-order valence-corrected chi connectivity index (χ2v) is 4.56. The summed E-state index contributed by atoms with van der Waals surface area (Å²) in [4.78, 5) is 11.8. The quantitative estimate of drug-likeness (QED) is 0.793. The number of carbonyl (C=O) groups excluding carboxylic acids is 1. The summed E-state index contributed by atoms with van der Waals surface area (Å²) in [6.07, 6.45) is 2.39. The lowest BCUT2D eigenvalue weighted by molar-refractivity contribution is -0.121. The third kappa shape index (κ3) is 2.97. The van der Waals surface area contributed by atoms with Crippen LogP contribution in [0, 0.1) is 0 Å². The molecule has 4 heteroatoms. The first-order chi connectivity index (χ1) is 8.17. The second-order valence-electron chi connectivity index (χ2n) is 4.56. The Balaban J connectivity index is 1.89. The molecule has 3 N–H and O–H groups in total. The number of benzene rings is 1. The number of nitrogens with two attached hydrogens (primary N) is 1. The van der Waals surface area contributed by atoms with Crippen LogP contribution in [-0.4, -0.2) is 25.1 Å². The first-order valence-corrected chi connectivity index (χ1v) is 5.81. The van der Waals surface area contributed by atoms with E-state index < -0.39 is 0 Å². The van der Waals surface area contributed by atoms with E-state index in [0.717, 1.165) is 24.2 Å². The Morgan fingerprint density at radius 2 is 2.06 bits per heavy atom. The summed E-state index contributed by atoms with van der Waals surface area (Å²) in [6.45, 7) is 0.529. The summed E-state index contributed by atoms with van der Waals surface area (Å²) in [7, 11) is 1.62. The van der Waals surface area contributed by atoms with E-state index in [0.29, 0.717) is 13.0 Å². The Labute approximate surface area is 101 Å². The minimum atomic E-state index is -0.108. The van der Waals surface area contributed by atoms with E-state index in [9.17, 15) is 4.79 Å². The summed E-state index contributed by atoms with van der Waals surface area (Å²) in [6, 6.07) is 7.53. The van der Waals surface area contributed by atoms with Crippen molar-refractivity contribution in [2.24, 2.45) is 5.73 Å². The lowest BCUT2D eigenvalue weighted by Crippen LogP contribution is -2.43. The number of hydrogen-bond donors (Lipinski definition) is 2. The van der Waals surface area contributed by atoms with Crippen molar-refractivity contribution in [3.63, 3.8) is 0 Å². The highest BCUT2D eigenvalue weighted by Crippen LogP contribution is 2.33. The number of nitrogens with one attached hydrogen (secondary N) is 1. The van der Waals surface area contributed by atoms with Crippen molar-refractivity contribution in [1.29, 1.82) is 0 Å². The number of hydrogen-bond acceptors (Lipinski definition) is 3. The molecule has 0 saturated heterocycles. The van der Waals surface area contributed by atoms with Gasteiger partial charge in [0, 0.05) is 6.54 Å². The van der Waals surface area contributed by atoms with Gasteiger partial charge < -0.3 is 15.8 Å². The Bertz CT molecular complexity index is 396. The van der Waals surface area contributed by atoms with Gasteiger partial charge >= 0.3 is 0 Å². The molecule has 0 atom stereocenters. The standard InChI is InChI=1S/C13H18N2O2/c1-17-11-4-2-10(3-5-11)8-12(16)15-13(9-14)6-7-13/h2-5H,6-9,14H2,1H3,(H,15,16). The van der Waals surface area contributed by atoms with E-state index in [4.69, 9.17) is 10.5 Å². The molecule has 1 aromatic carbocycles. The van der Waals surface area contributed by atoms with Crippen molar-refractivity contribution in [2.75, 3.05) is 13.7 Å². The number of amides is 1. The molecule has 1 fully saturated rings. The van der Waals surface area contributed by atoms with Crippen molar-refractivity contribution >= 4 is 5.91 Å². The lowest BCUT2D eigenvalue weighted by atomic mass is 10.1. The number of carbonyl (C=O) groups is 1. The zero-order valence-electron chi connectivity index (χ0n) is 10.0. The van der Waals surface area contributed by atoms with Crippen molar-refractivity contribution in [2.45, 2.75) is 24.8 Å². The van der Waals surface area contributed by atoms with Crippen LogP contribution in [0.1, 0.15) is 18.4 Å². The minimum absolute atomic E-state index is 0.0399. The van der Waals surface area contributed by atoms with Crippen molar-refractivity contribution in [3.05, 3.63) is 29.8 Å². The Kier molecular flexibility index (Phi) is 3.33. The number of ether oxygens (including phenoxy) is 1. The van der Waals surface area contributed by atoms with Crippen LogP contribution in [0.2, 0.25) is 0 Å². The molecule has 1 aliphatic rings. The number of methoxy groups -OCH3 is 1. The summed E-state index contributed by atoms with van der Waals surface area (Å²) < 4.78 is 5.07. The maximum atomic E-state index is 11.8. The van der Waals surface area contributed by atoms with Gasteiger partial charge in [0.15, 0.2) is 0 Å². The van der Waals surface area contributed by atoms with Gasteiger partial charge in [-0.1, -0.05) is 12.1 Å². The number of rotatable bonds is 5. The van der Waals surface area contributed by atoms with Gasteiger partial charge in [-0.3, -0.25) is 4.79 Å². The monoisotopic (exact) mass is 234 g/mol. The summed E-state index contributed by atoms with van der Waals surface area (Å²) in [5.41, 5.74) is 6.49. The van der Waals surface area contributed by atoms with Crippen molar-refractivity contribution in [3.8, 4) is 5.75 Å². The van der Waals surface area contributed by atoms with E-state index in [1.54, 1.807) is 7.11 Å². The molecule has 0 unspecified atom stereocenters. The Morgan fingerprint density at radius 1 is 1.41 bits per heavy atom. The van der Waals surface area contributed by atoms with Crippen LogP contribution in [0.5, 0.6) is 5.75 Å². The molecular formula is C13H18N2O2. The SMILES string of the molecule is COc1ccc(CC(=O)NC2(CN)CC2)cc1. The molecule has 0 heterocycles. The third-order valence-corrected chi connectivity index (χ3v) is 3.17. The van der Waals surface area contributed by atoms with Crippen LogP contribution >= 0.6 is 0 Å². The topological polar surface area (TPSA) is 64.3 Å². The molecule has 1 aliphatic carbocycles. The van der Waals surface area contributed by atoms with Gasteiger partial charge in [0.1, 0.15) is 5.75 Å². The van der Waals surface area contributed by atoms with E-state index in [1.165, 1.54) is 0 Å². The molecule has 0 bridgehead atoms. The van der Waals surface area contributed by atoms with Crippen molar-refractivity contribution in [1.82, 2.24) is 5.32 Å². The molecule has 0 spiro atoms. The average molecular weight is 234 g/mol. The zero-order chi connectivity index (χ0) is 12.3. The minimum Gasteiger partial charge on any atom is -0.497 e. The highest BCUT2D eigenvalue weighted by molar-refractivity contribution is 5.79. The maximum Gasteiger partial charge on any atom is 0.224 e. The van der Waals surface area contributed by atoms with Gasteiger partial charge in [-0.2, -0.15) is 0 Å². The molecule has 0 aliphatic heterocycles. The van der Waals surface area contributed by atoms with Crippen LogP contribution in [-0.2, 0) is 11.2 Å². The third-order valence-electron chi connectivity index (χ3n) is 3.17. The molecule has 92 valence electrons. The van der Waals surface area contributed by atoms with E-state index in [1.807, 2.05) is 24.3 Å². The van der Waals surface area contributed by atoms with E-state index >= 15 is 0 Å². The largest absolute Gasteiger partial charge is 0.497 e. The van der Waals surface area contributed by atoms with Gasteiger partial charge in [0.2, 0.25) is 5.91 Å². The molecule has 4 nitrogen and oxygen atoms in total.